The average molecular weight is 226 g/mol. The van der Waals surface area contributed by atoms with Crippen LogP contribution in [0.1, 0.15) is 24.4 Å². The molecule has 0 atom stereocenters. The van der Waals surface area contributed by atoms with Gasteiger partial charge in [0.2, 0.25) is 0 Å². The SMILES string of the molecule is Cc1ccc(CN(C)CCCC(N)=S)o1. The summed E-state index contributed by atoms with van der Waals surface area (Å²) in [6, 6.07) is 4.00. The number of thiocarbonyl (C=S) groups is 1. The van der Waals surface area contributed by atoms with Crippen molar-refractivity contribution >= 4 is 17.2 Å². The molecule has 15 heavy (non-hydrogen) atoms. The zero-order valence-corrected chi connectivity index (χ0v) is 10.1. The third kappa shape index (κ3) is 4.95. The molecule has 0 unspecified atom stereocenters. The molecule has 1 aromatic heterocycles. The third-order valence-corrected chi connectivity index (χ3v) is 2.39. The van der Waals surface area contributed by atoms with Crippen molar-refractivity contribution in [1.82, 2.24) is 4.90 Å². The van der Waals surface area contributed by atoms with E-state index in [9.17, 15) is 0 Å². The van der Waals surface area contributed by atoms with Gasteiger partial charge in [-0.25, -0.2) is 0 Å². The number of furan rings is 1. The molecule has 2 N–H and O–H groups in total. The van der Waals surface area contributed by atoms with E-state index in [-0.39, 0.29) is 0 Å². The first-order valence-electron chi connectivity index (χ1n) is 5.10. The van der Waals surface area contributed by atoms with Crippen LogP contribution in [0.5, 0.6) is 0 Å². The van der Waals surface area contributed by atoms with E-state index in [1.807, 2.05) is 19.1 Å². The topological polar surface area (TPSA) is 42.4 Å². The lowest BCUT2D eigenvalue weighted by molar-refractivity contribution is 0.291. The van der Waals surface area contributed by atoms with Crippen LogP contribution in [-0.2, 0) is 6.54 Å². The van der Waals surface area contributed by atoms with E-state index in [0.29, 0.717) is 4.99 Å². The average Bonchev–Trinajstić information content (AvgIpc) is 2.50. The second kappa shape index (κ2) is 5.88. The molecule has 0 aliphatic heterocycles. The maximum Gasteiger partial charge on any atom is 0.118 e. The van der Waals surface area contributed by atoms with Gasteiger partial charge in [-0.1, -0.05) is 12.2 Å². The van der Waals surface area contributed by atoms with Crippen molar-refractivity contribution in [2.45, 2.75) is 26.3 Å². The van der Waals surface area contributed by atoms with Gasteiger partial charge < -0.3 is 10.2 Å². The Hall–Kier alpha value is -0.870. The normalized spacial score (nSPS) is 10.9. The lowest BCUT2D eigenvalue weighted by Gasteiger charge is -2.14. The number of rotatable bonds is 6. The highest BCUT2D eigenvalue weighted by Crippen LogP contribution is 2.08. The number of hydrogen-bond donors (Lipinski definition) is 1. The van der Waals surface area contributed by atoms with Crippen LogP contribution in [0, 0.1) is 6.92 Å². The fourth-order valence-electron chi connectivity index (χ4n) is 1.44. The molecule has 3 nitrogen and oxygen atoms in total. The second-order valence-corrected chi connectivity index (χ2v) is 4.34. The number of nitrogens with zero attached hydrogens (tertiary/aromatic N) is 1. The molecule has 0 spiro atoms. The van der Waals surface area contributed by atoms with E-state index in [1.165, 1.54) is 0 Å². The number of aryl methyl sites for hydroxylation is 1. The van der Waals surface area contributed by atoms with E-state index in [4.69, 9.17) is 22.4 Å². The molecule has 0 aliphatic rings. The van der Waals surface area contributed by atoms with Crippen molar-refractivity contribution in [3.05, 3.63) is 23.7 Å². The van der Waals surface area contributed by atoms with E-state index in [0.717, 1.165) is 37.5 Å². The van der Waals surface area contributed by atoms with Crippen LogP contribution < -0.4 is 5.73 Å². The third-order valence-electron chi connectivity index (χ3n) is 2.18. The Labute approximate surface area is 96.2 Å². The van der Waals surface area contributed by atoms with Crippen LogP contribution in [0.15, 0.2) is 16.5 Å². The molecule has 84 valence electrons. The Kier molecular flexibility index (Phi) is 4.78. The Morgan fingerprint density at radius 3 is 2.80 bits per heavy atom. The molecule has 0 bridgehead atoms. The summed E-state index contributed by atoms with van der Waals surface area (Å²) in [5.74, 6) is 1.96. The van der Waals surface area contributed by atoms with Crippen molar-refractivity contribution in [2.24, 2.45) is 5.73 Å². The Bertz CT molecular complexity index is 322. The van der Waals surface area contributed by atoms with Gasteiger partial charge in [-0.05, 0) is 45.5 Å². The second-order valence-electron chi connectivity index (χ2n) is 3.82. The van der Waals surface area contributed by atoms with Gasteiger partial charge in [0.15, 0.2) is 0 Å². The van der Waals surface area contributed by atoms with Crippen molar-refractivity contribution in [1.29, 1.82) is 0 Å². The van der Waals surface area contributed by atoms with Gasteiger partial charge in [0.25, 0.3) is 0 Å². The number of nitrogens with two attached hydrogens (primary N) is 1. The van der Waals surface area contributed by atoms with E-state index < -0.39 is 0 Å². The molecule has 1 rings (SSSR count). The molecule has 0 saturated carbocycles. The van der Waals surface area contributed by atoms with Crippen molar-refractivity contribution < 1.29 is 4.42 Å². The summed E-state index contributed by atoms with van der Waals surface area (Å²) < 4.78 is 5.49. The molecule has 0 aliphatic carbocycles. The van der Waals surface area contributed by atoms with E-state index in [1.54, 1.807) is 0 Å². The maximum absolute atomic E-state index is 5.49. The smallest absolute Gasteiger partial charge is 0.118 e. The van der Waals surface area contributed by atoms with Crippen LogP contribution in [0.25, 0.3) is 0 Å². The van der Waals surface area contributed by atoms with Crippen LogP contribution >= 0.6 is 12.2 Å². The molecule has 0 aromatic carbocycles. The highest BCUT2D eigenvalue weighted by Gasteiger charge is 2.03. The van der Waals surface area contributed by atoms with Crippen LogP contribution in [-0.4, -0.2) is 23.5 Å². The van der Waals surface area contributed by atoms with Gasteiger partial charge in [0, 0.05) is 0 Å². The molecule has 1 aromatic rings. The largest absolute Gasteiger partial charge is 0.465 e. The zero-order chi connectivity index (χ0) is 11.3. The van der Waals surface area contributed by atoms with E-state index in [2.05, 4.69) is 11.9 Å². The van der Waals surface area contributed by atoms with Gasteiger partial charge >= 0.3 is 0 Å². The summed E-state index contributed by atoms with van der Waals surface area (Å²) in [5, 5.41) is 0. The molecule has 0 radical (unpaired) electrons. The van der Waals surface area contributed by atoms with Crippen LogP contribution in [0.3, 0.4) is 0 Å². The maximum atomic E-state index is 5.49. The summed E-state index contributed by atoms with van der Waals surface area (Å²) in [5.41, 5.74) is 5.43. The summed E-state index contributed by atoms with van der Waals surface area (Å²) in [4.78, 5) is 2.80. The van der Waals surface area contributed by atoms with Gasteiger partial charge in [-0.2, -0.15) is 0 Å². The highest BCUT2D eigenvalue weighted by atomic mass is 32.1. The van der Waals surface area contributed by atoms with Crippen molar-refractivity contribution in [3.8, 4) is 0 Å². The Morgan fingerprint density at radius 1 is 1.53 bits per heavy atom. The monoisotopic (exact) mass is 226 g/mol. The fourth-order valence-corrected chi connectivity index (χ4v) is 1.58. The molecular weight excluding hydrogens is 208 g/mol. The van der Waals surface area contributed by atoms with E-state index >= 15 is 0 Å². The minimum Gasteiger partial charge on any atom is -0.465 e. The summed E-state index contributed by atoms with van der Waals surface area (Å²) in [6.07, 6.45) is 1.82. The molecule has 4 heteroatoms. The summed E-state index contributed by atoms with van der Waals surface area (Å²) in [7, 11) is 2.07. The Balaban J connectivity index is 2.24. The van der Waals surface area contributed by atoms with Crippen molar-refractivity contribution in [2.75, 3.05) is 13.6 Å². The molecule has 0 fully saturated rings. The summed E-state index contributed by atoms with van der Waals surface area (Å²) in [6.45, 7) is 3.78. The molecule has 0 saturated heterocycles. The lowest BCUT2D eigenvalue weighted by Crippen LogP contribution is -2.20. The molecule has 0 amide bonds. The van der Waals surface area contributed by atoms with Gasteiger partial charge in [-0.15, -0.1) is 0 Å². The fraction of sp³-hybridized carbons (Fsp3) is 0.545. The first kappa shape index (κ1) is 12.2. The minimum absolute atomic E-state index is 0.595. The highest BCUT2D eigenvalue weighted by molar-refractivity contribution is 7.80. The molecule has 1 heterocycles. The van der Waals surface area contributed by atoms with Crippen molar-refractivity contribution in [3.63, 3.8) is 0 Å². The Morgan fingerprint density at radius 2 is 2.27 bits per heavy atom. The minimum atomic E-state index is 0.595. The van der Waals surface area contributed by atoms with Gasteiger partial charge in [0.05, 0.1) is 11.5 Å². The predicted molar refractivity (Wildman–Crippen MR) is 65.8 cm³/mol. The van der Waals surface area contributed by atoms with Crippen LogP contribution in [0.2, 0.25) is 0 Å². The predicted octanol–water partition coefficient (Wildman–Crippen LogP) is 2.09. The summed E-state index contributed by atoms with van der Waals surface area (Å²) >= 11 is 4.82. The van der Waals surface area contributed by atoms with Gasteiger partial charge in [-0.3, -0.25) is 4.90 Å². The quantitative estimate of drug-likeness (QED) is 0.754. The van der Waals surface area contributed by atoms with Gasteiger partial charge in [0.1, 0.15) is 11.5 Å². The first-order chi connectivity index (χ1) is 7.08. The first-order valence-corrected chi connectivity index (χ1v) is 5.51. The standard InChI is InChI=1S/C11H18N2OS/c1-9-5-6-10(14-9)8-13(2)7-3-4-11(12)15/h5-6H,3-4,7-8H2,1-2H3,(H2,12,15). The lowest BCUT2D eigenvalue weighted by atomic mass is 10.3. The zero-order valence-electron chi connectivity index (χ0n) is 9.32. The number of hydrogen-bond acceptors (Lipinski definition) is 3. The molecular formula is C11H18N2OS. The van der Waals surface area contributed by atoms with Crippen LogP contribution in [0.4, 0.5) is 0 Å².